The van der Waals surface area contributed by atoms with Gasteiger partial charge in [-0.25, -0.2) is 9.18 Å². The number of carbonyl (C=O) groups is 2. The van der Waals surface area contributed by atoms with Gasteiger partial charge in [-0.3, -0.25) is 4.79 Å². The summed E-state index contributed by atoms with van der Waals surface area (Å²) in [6.07, 6.45) is 0. The standard InChI is InChI=1S/C26H26FN3O3/c1-17-6-5-7-20(14-17)30-13-12-29(16-18(30)2)24-11-10-19(15-22(24)26(32)33)28-25(31)21-8-3-4-9-23(21)27/h3-11,14-15,18H,12-13,16H2,1-2H3,(H,28,31)(H,32,33)/t18-/m0/s1. The first-order valence-electron chi connectivity index (χ1n) is 10.8. The van der Waals surface area contributed by atoms with Gasteiger partial charge in [-0.1, -0.05) is 24.3 Å². The van der Waals surface area contributed by atoms with Gasteiger partial charge >= 0.3 is 5.97 Å². The average molecular weight is 448 g/mol. The molecule has 1 amide bonds. The van der Waals surface area contributed by atoms with E-state index < -0.39 is 17.7 Å². The second-order valence-electron chi connectivity index (χ2n) is 8.30. The first-order valence-corrected chi connectivity index (χ1v) is 10.8. The van der Waals surface area contributed by atoms with Gasteiger partial charge in [0.05, 0.1) is 16.8 Å². The number of benzene rings is 3. The average Bonchev–Trinajstić information content (AvgIpc) is 2.79. The molecule has 1 aliphatic rings. The Bertz CT molecular complexity index is 1200. The number of aromatic carboxylic acids is 1. The van der Waals surface area contributed by atoms with E-state index in [1.807, 2.05) is 6.07 Å². The van der Waals surface area contributed by atoms with Crippen LogP contribution in [-0.2, 0) is 0 Å². The van der Waals surface area contributed by atoms with E-state index in [2.05, 4.69) is 47.2 Å². The summed E-state index contributed by atoms with van der Waals surface area (Å²) in [6, 6.07) is 19.0. The van der Waals surface area contributed by atoms with E-state index in [1.54, 1.807) is 18.2 Å². The van der Waals surface area contributed by atoms with Crippen molar-refractivity contribution in [1.82, 2.24) is 0 Å². The SMILES string of the molecule is Cc1cccc(N2CCN(c3ccc(NC(=O)c4ccccc4F)cc3C(=O)O)C[C@@H]2C)c1. The summed E-state index contributed by atoms with van der Waals surface area (Å²) in [5, 5.41) is 12.4. The lowest BCUT2D eigenvalue weighted by Crippen LogP contribution is -2.52. The number of carboxylic acids is 1. The van der Waals surface area contributed by atoms with Crippen LogP contribution in [0.5, 0.6) is 0 Å². The first-order chi connectivity index (χ1) is 15.8. The van der Waals surface area contributed by atoms with Crippen LogP contribution in [0.4, 0.5) is 21.5 Å². The summed E-state index contributed by atoms with van der Waals surface area (Å²) in [5.41, 5.74) is 3.25. The highest BCUT2D eigenvalue weighted by molar-refractivity contribution is 6.05. The molecule has 7 heteroatoms. The maximum Gasteiger partial charge on any atom is 0.337 e. The number of nitrogens with one attached hydrogen (secondary N) is 1. The van der Waals surface area contributed by atoms with E-state index in [0.29, 0.717) is 24.5 Å². The van der Waals surface area contributed by atoms with Crippen molar-refractivity contribution in [3.63, 3.8) is 0 Å². The summed E-state index contributed by atoms with van der Waals surface area (Å²) in [6.45, 7) is 6.28. The minimum Gasteiger partial charge on any atom is -0.478 e. The molecule has 0 spiro atoms. The number of nitrogens with zero attached hydrogens (tertiary/aromatic N) is 2. The molecule has 1 fully saturated rings. The van der Waals surface area contributed by atoms with Gasteiger partial charge in [0.25, 0.3) is 5.91 Å². The molecule has 0 aromatic heterocycles. The van der Waals surface area contributed by atoms with Crippen molar-refractivity contribution >= 4 is 28.9 Å². The van der Waals surface area contributed by atoms with Gasteiger partial charge in [0, 0.05) is 37.1 Å². The number of amides is 1. The van der Waals surface area contributed by atoms with Crippen molar-refractivity contribution in [1.29, 1.82) is 0 Å². The van der Waals surface area contributed by atoms with Gasteiger partial charge in [0.1, 0.15) is 5.82 Å². The number of carboxylic acid groups (broad SMARTS) is 1. The summed E-state index contributed by atoms with van der Waals surface area (Å²) >= 11 is 0. The number of carbonyl (C=O) groups excluding carboxylic acids is 1. The molecule has 0 unspecified atom stereocenters. The second-order valence-corrected chi connectivity index (χ2v) is 8.30. The van der Waals surface area contributed by atoms with E-state index in [4.69, 9.17) is 0 Å². The number of halogens is 1. The lowest BCUT2D eigenvalue weighted by atomic mass is 10.1. The smallest absolute Gasteiger partial charge is 0.337 e. The number of hydrogen-bond donors (Lipinski definition) is 2. The van der Waals surface area contributed by atoms with Crippen LogP contribution in [0.15, 0.2) is 66.7 Å². The van der Waals surface area contributed by atoms with E-state index in [0.717, 1.165) is 12.2 Å². The molecule has 0 aliphatic carbocycles. The van der Waals surface area contributed by atoms with Crippen molar-refractivity contribution in [3.8, 4) is 0 Å². The van der Waals surface area contributed by atoms with Crippen LogP contribution in [0.25, 0.3) is 0 Å². The molecule has 0 saturated carbocycles. The van der Waals surface area contributed by atoms with E-state index in [1.165, 1.54) is 29.8 Å². The van der Waals surface area contributed by atoms with Crippen LogP contribution in [0.3, 0.4) is 0 Å². The normalized spacial score (nSPS) is 15.9. The molecular formula is C26H26FN3O3. The number of piperazine rings is 1. The highest BCUT2D eigenvalue weighted by atomic mass is 19.1. The Labute approximate surface area is 192 Å². The van der Waals surface area contributed by atoms with Crippen LogP contribution in [0, 0.1) is 12.7 Å². The molecule has 1 atom stereocenters. The number of hydrogen-bond acceptors (Lipinski definition) is 4. The van der Waals surface area contributed by atoms with Gasteiger partial charge in [0.2, 0.25) is 0 Å². The largest absolute Gasteiger partial charge is 0.478 e. The fraction of sp³-hybridized carbons (Fsp3) is 0.231. The fourth-order valence-electron chi connectivity index (χ4n) is 4.27. The quantitative estimate of drug-likeness (QED) is 0.588. The minimum atomic E-state index is -1.08. The molecule has 4 rings (SSSR count). The molecule has 6 nitrogen and oxygen atoms in total. The van der Waals surface area contributed by atoms with Crippen LogP contribution in [-0.4, -0.2) is 42.7 Å². The Morgan fingerprint density at radius 2 is 1.79 bits per heavy atom. The monoisotopic (exact) mass is 447 g/mol. The molecule has 0 radical (unpaired) electrons. The third kappa shape index (κ3) is 4.82. The zero-order chi connectivity index (χ0) is 23.5. The van der Waals surface area contributed by atoms with E-state index in [9.17, 15) is 19.1 Å². The van der Waals surface area contributed by atoms with E-state index >= 15 is 0 Å². The molecule has 1 aliphatic heterocycles. The van der Waals surface area contributed by atoms with Gasteiger partial charge < -0.3 is 20.2 Å². The molecule has 1 heterocycles. The maximum atomic E-state index is 13.9. The zero-order valence-corrected chi connectivity index (χ0v) is 18.6. The fourth-order valence-corrected chi connectivity index (χ4v) is 4.27. The third-order valence-corrected chi connectivity index (χ3v) is 5.90. The van der Waals surface area contributed by atoms with Gasteiger partial charge in [0.15, 0.2) is 0 Å². The van der Waals surface area contributed by atoms with Crippen molar-refractivity contribution in [2.45, 2.75) is 19.9 Å². The van der Waals surface area contributed by atoms with E-state index in [-0.39, 0.29) is 17.2 Å². The molecule has 0 bridgehead atoms. The number of aryl methyl sites for hydroxylation is 1. The molecule has 3 aromatic rings. The molecule has 2 N–H and O–H groups in total. The summed E-state index contributed by atoms with van der Waals surface area (Å²) in [4.78, 5) is 28.8. The molecule has 33 heavy (non-hydrogen) atoms. The Morgan fingerprint density at radius 3 is 2.48 bits per heavy atom. The molecule has 3 aromatic carbocycles. The van der Waals surface area contributed by atoms with Crippen LogP contribution in [0.1, 0.15) is 33.2 Å². The lowest BCUT2D eigenvalue weighted by molar-refractivity contribution is 0.0697. The number of rotatable bonds is 5. The first kappa shape index (κ1) is 22.3. The summed E-state index contributed by atoms with van der Waals surface area (Å²) in [5.74, 6) is -2.34. The van der Waals surface area contributed by atoms with Gasteiger partial charge in [-0.2, -0.15) is 0 Å². The predicted molar refractivity (Wildman–Crippen MR) is 128 cm³/mol. The Morgan fingerprint density at radius 1 is 1.00 bits per heavy atom. The third-order valence-electron chi connectivity index (χ3n) is 5.90. The Balaban J connectivity index is 1.53. The lowest BCUT2D eigenvalue weighted by Gasteiger charge is -2.42. The van der Waals surface area contributed by atoms with Crippen LogP contribution >= 0.6 is 0 Å². The second kappa shape index (κ2) is 9.32. The van der Waals surface area contributed by atoms with Crippen molar-refractivity contribution in [2.24, 2.45) is 0 Å². The highest BCUT2D eigenvalue weighted by Crippen LogP contribution is 2.29. The minimum absolute atomic E-state index is 0.0949. The summed E-state index contributed by atoms with van der Waals surface area (Å²) < 4.78 is 13.9. The molecule has 1 saturated heterocycles. The van der Waals surface area contributed by atoms with Crippen LogP contribution in [0.2, 0.25) is 0 Å². The van der Waals surface area contributed by atoms with Gasteiger partial charge in [-0.05, 0) is 61.9 Å². The summed E-state index contributed by atoms with van der Waals surface area (Å²) in [7, 11) is 0. The topological polar surface area (TPSA) is 72.9 Å². The van der Waals surface area contributed by atoms with Crippen molar-refractivity contribution < 1.29 is 19.1 Å². The molecule has 170 valence electrons. The zero-order valence-electron chi connectivity index (χ0n) is 18.6. The number of anilines is 3. The van der Waals surface area contributed by atoms with Crippen LogP contribution < -0.4 is 15.1 Å². The van der Waals surface area contributed by atoms with Crippen molar-refractivity contribution in [3.05, 3.63) is 89.2 Å². The Hall–Kier alpha value is -3.87. The van der Waals surface area contributed by atoms with Crippen molar-refractivity contribution in [2.75, 3.05) is 34.8 Å². The Kier molecular flexibility index (Phi) is 6.31. The predicted octanol–water partition coefficient (Wildman–Crippen LogP) is 4.80. The molecular weight excluding hydrogens is 421 g/mol. The maximum absolute atomic E-state index is 13.9. The van der Waals surface area contributed by atoms with Gasteiger partial charge in [-0.15, -0.1) is 0 Å². The highest BCUT2D eigenvalue weighted by Gasteiger charge is 2.27.